The predicted molar refractivity (Wildman–Crippen MR) is 70.3 cm³/mol. The van der Waals surface area contributed by atoms with Crippen molar-refractivity contribution in [1.29, 1.82) is 0 Å². The quantitative estimate of drug-likeness (QED) is 0.608. The molecule has 3 rings (SSSR count). The van der Waals surface area contributed by atoms with Gasteiger partial charge in [-0.1, -0.05) is 47.6 Å². The van der Waals surface area contributed by atoms with E-state index in [-0.39, 0.29) is 6.42 Å². The van der Waals surface area contributed by atoms with E-state index in [0.29, 0.717) is 22.6 Å². The molecule has 4 nitrogen and oxygen atoms in total. The highest BCUT2D eigenvalue weighted by Gasteiger charge is 2.39. The summed E-state index contributed by atoms with van der Waals surface area (Å²) in [5, 5.41) is 23.1. The van der Waals surface area contributed by atoms with Gasteiger partial charge in [0.1, 0.15) is 5.75 Å². The third-order valence-corrected chi connectivity index (χ3v) is 3.23. The number of hydrogen-bond donors (Lipinski definition) is 2. The van der Waals surface area contributed by atoms with Gasteiger partial charge in [0, 0.05) is 11.1 Å². The van der Waals surface area contributed by atoms with Crippen molar-refractivity contribution < 1.29 is 15.1 Å². The highest BCUT2D eigenvalue weighted by Crippen LogP contribution is 2.37. The van der Waals surface area contributed by atoms with Gasteiger partial charge in [-0.25, -0.2) is 0 Å². The summed E-state index contributed by atoms with van der Waals surface area (Å²) < 4.78 is 5.70. The van der Waals surface area contributed by atoms with Gasteiger partial charge in [0.2, 0.25) is 5.79 Å². The maximum absolute atomic E-state index is 10.7. The van der Waals surface area contributed by atoms with Crippen molar-refractivity contribution in [2.45, 2.75) is 12.2 Å². The van der Waals surface area contributed by atoms with Crippen LogP contribution in [-0.4, -0.2) is 16.0 Å². The van der Waals surface area contributed by atoms with Crippen molar-refractivity contribution in [3.8, 4) is 5.75 Å². The molecule has 0 saturated carbocycles. The van der Waals surface area contributed by atoms with Crippen molar-refractivity contribution in [2.75, 3.05) is 0 Å². The number of fused-ring (bicyclic) bond motifs is 1. The maximum atomic E-state index is 10.7. The monoisotopic (exact) mass is 255 g/mol. The van der Waals surface area contributed by atoms with Crippen LogP contribution in [0.5, 0.6) is 5.75 Å². The normalized spacial score (nSPS) is 23.7. The molecule has 1 atom stereocenters. The fourth-order valence-electron chi connectivity index (χ4n) is 2.28. The van der Waals surface area contributed by atoms with Crippen molar-refractivity contribution in [2.24, 2.45) is 5.16 Å². The van der Waals surface area contributed by atoms with Crippen LogP contribution in [0.15, 0.2) is 59.8 Å². The van der Waals surface area contributed by atoms with Gasteiger partial charge in [-0.3, -0.25) is 0 Å². The summed E-state index contributed by atoms with van der Waals surface area (Å²) in [6.07, 6.45) is 0.102. The first-order valence-corrected chi connectivity index (χ1v) is 6.00. The molecule has 0 spiro atoms. The Labute approximate surface area is 110 Å². The number of oxime groups is 1. The number of hydrogen-bond acceptors (Lipinski definition) is 4. The van der Waals surface area contributed by atoms with Crippen LogP contribution in [0.25, 0.3) is 0 Å². The van der Waals surface area contributed by atoms with E-state index in [1.807, 2.05) is 30.3 Å². The lowest BCUT2D eigenvalue weighted by atomic mass is 9.93. The summed E-state index contributed by atoms with van der Waals surface area (Å²) in [5.74, 6) is -0.995. The molecular formula is C15H13NO3. The van der Waals surface area contributed by atoms with Crippen LogP contribution >= 0.6 is 0 Å². The maximum Gasteiger partial charge on any atom is 0.240 e. The van der Waals surface area contributed by atoms with Crippen LogP contribution in [0, 0.1) is 0 Å². The lowest BCUT2D eigenvalue weighted by Crippen LogP contribution is -2.39. The van der Waals surface area contributed by atoms with Gasteiger partial charge in [-0.05, 0) is 12.1 Å². The van der Waals surface area contributed by atoms with Gasteiger partial charge in [0.15, 0.2) is 0 Å². The first-order chi connectivity index (χ1) is 9.23. The SMILES string of the molecule is O/N=C1\CC(O)(c2ccccc2)Oc2ccccc21. The minimum Gasteiger partial charge on any atom is -0.457 e. The van der Waals surface area contributed by atoms with E-state index < -0.39 is 5.79 Å². The number of rotatable bonds is 1. The summed E-state index contributed by atoms with van der Waals surface area (Å²) in [6.45, 7) is 0. The van der Waals surface area contributed by atoms with Crippen LogP contribution in [-0.2, 0) is 5.79 Å². The molecule has 96 valence electrons. The zero-order chi connectivity index (χ0) is 13.3. The molecule has 4 heteroatoms. The Bertz CT molecular complexity index is 624. The van der Waals surface area contributed by atoms with Crippen LogP contribution in [0.4, 0.5) is 0 Å². The highest BCUT2D eigenvalue weighted by atomic mass is 16.6. The summed E-state index contributed by atoms with van der Waals surface area (Å²) in [7, 11) is 0. The Morgan fingerprint density at radius 1 is 1.00 bits per heavy atom. The largest absolute Gasteiger partial charge is 0.457 e. The Balaban J connectivity index is 2.09. The number of nitrogens with zero attached hydrogens (tertiary/aromatic N) is 1. The second-order valence-corrected chi connectivity index (χ2v) is 4.47. The first-order valence-electron chi connectivity index (χ1n) is 6.00. The van der Waals surface area contributed by atoms with Gasteiger partial charge in [-0.2, -0.15) is 0 Å². The molecule has 1 unspecified atom stereocenters. The Morgan fingerprint density at radius 2 is 1.68 bits per heavy atom. The van der Waals surface area contributed by atoms with Crippen molar-refractivity contribution >= 4 is 5.71 Å². The van der Waals surface area contributed by atoms with Gasteiger partial charge >= 0.3 is 0 Å². The number of aliphatic hydroxyl groups is 1. The average Bonchev–Trinajstić information content (AvgIpc) is 2.47. The van der Waals surface area contributed by atoms with Crippen LogP contribution in [0.1, 0.15) is 17.5 Å². The van der Waals surface area contributed by atoms with E-state index in [1.165, 1.54) is 0 Å². The molecule has 0 radical (unpaired) electrons. The van der Waals surface area contributed by atoms with E-state index >= 15 is 0 Å². The molecular weight excluding hydrogens is 242 g/mol. The lowest BCUT2D eigenvalue weighted by molar-refractivity contribution is -0.143. The molecule has 2 N–H and O–H groups in total. The minimum absolute atomic E-state index is 0.102. The molecule has 0 aliphatic carbocycles. The molecule has 1 aliphatic rings. The predicted octanol–water partition coefficient (Wildman–Crippen LogP) is 2.49. The average molecular weight is 255 g/mol. The summed E-state index contributed by atoms with van der Waals surface area (Å²) in [5.41, 5.74) is 1.74. The van der Waals surface area contributed by atoms with E-state index in [4.69, 9.17) is 9.94 Å². The Hall–Kier alpha value is -2.33. The van der Waals surface area contributed by atoms with E-state index in [2.05, 4.69) is 5.16 Å². The molecule has 0 aromatic heterocycles. The van der Waals surface area contributed by atoms with Crippen LogP contribution < -0.4 is 4.74 Å². The van der Waals surface area contributed by atoms with Crippen molar-refractivity contribution in [1.82, 2.24) is 0 Å². The number of benzene rings is 2. The highest BCUT2D eigenvalue weighted by molar-refractivity contribution is 6.03. The van der Waals surface area contributed by atoms with E-state index in [1.54, 1.807) is 24.3 Å². The van der Waals surface area contributed by atoms with Gasteiger partial charge < -0.3 is 15.1 Å². The molecule has 0 amide bonds. The molecule has 0 bridgehead atoms. The van der Waals surface area contributed by atoms with Crippen molar-refractivity contribution in [3.05, 3.63) is 65.7 Å². The van der Waals surface area contributed by atoms with Crippen LogP contribution in [0.3, 0.4) is 0 Å². The second kappa shape index (κ2) is 4.40. The second-order valence-electron chi connectivity index (χ2n) is 4.47. The molecule has 1 heterocycles. The standard InChI is InChI=1S/C15H13NO3/c17-15(11-6-2-1-3-7-11)10-13(16-18)12-8-4-5-9-14(12)19-15/h1-9,17-18H,10H2/b16-13+. The topological polar surface area (TPSA) is 62.1 Å². The molecule has 2 aromatic rings. The fraction of sp³-hybridized carbons (Fsp3) is 0.133. The minimum atomic E-state index is -1.50. The summed E-state index contributed by atoms with van der Waals surface area (Å²) >= 11 is 0. The van der Waals surface area contributed by atoms with Gasteiger partial charge in [-0.15, -0.1) is 0 Å². The molecule has 0 saturated heterocycles. The molecule has 2 aromatic carbocycles. The third-order valence-electron chi connectivity index (χ3n) is 3.23. The van der Waals surface area contributed by atoms with Crippen molar-refractivity contribution in [3.63, 3.8) is 0 Å². The van der Waals surface area contributed by atoms with Gasteiger partial charge in [0.05, 0.1) is 12.1 Å². The molecule has 1 aliphatic heterocycles. The molecule has 0 fully saturated rings. The van der Waals surface area contributed by atoms with E-state index in [9.17, 15) is 5.11 Å². The zero-order valence-corrected chi connectivity index (χ0v) is 10.2. The number of para-hydroxylation sites is 1. The van der Waals surface area contributed by atoms with Crippen LogP contribution in [0.2, 0.25) is 0 Å². The summed E-state index contributed by atoms with van der Waals surface area (Å²) in [4.78, 5) is 0. The zero-order valence-electron chi connectivity index (χ0n) is 10.2. The lowest BCUT2D eigenvalue weighted by Gasteiger charge is -2.34. The third kappa shape index (κ3) is 1.96. The molecule has 19 heavy (non-hydrogen) atoms. The first kappa shape index (κ1) is 11.7. The Kier molecular flexibility index (Phi) is 2.72. The fourth-order valence-corrected chi connectivity index (χ4v) is 2.28. The Morgan fingerprint density at radius 3 is 2.42 bits per heavy atom. The van der Waals surface area contributed by atoms with E-state index in [0.717, 1.165) is 0 Å². The van der Waals surface area contributed by atoms with Gasteiger partial charge in [0.25, 0.3) is 0 Å². The smallest absolute Gasteiger partial charge is 0.240 e. The summed E-state index contributed by atoms with van der Waals surface area (Å²) in [6, 6.07) is 16.3. The number of ether oxygens (including phenoxy) is 1.